The first-order valence-electron chi connectivity index (χ1n) is 7.80. The molecule has 0 saturated carbocycles. The predicted molar refractivity (Wildman–Crippen MR) is 96.9 cm³/mol. The van der Waals surface area contributed by atoms with E-state index in [2.05, 4.69) is 13.8 Å². The Labute approximate surface area is 143 Å². The summed E-state index contributed by atoms with van der Waals surface area (Å²) in [4.78, 5) is 20.5. The van der Waals surface area contributed by atoms with Gasteiger partial charge in [-0.05, 0) is 37.0 Å². The first-order valence-corrected chi connectivity index (χ1v) is 7.80. The molecule has 0 unspecified atom stereocenters. The zero-order valence-electron chi connectivity index (χ0n) is 14.7. The van der Waals surface area contributed by atoms with Crippen LogP contribution in [0.5, 0.6) is 5.75 Å². The molecule has 0 aliphatic heterocycles. The van der Waals surface area contributed by atoms with Gasteiger partial charge in [0.2, 0.25) is 0 Å². The molecule has 0 atom stereocenters. The summed E-state index contributed by atoms with van der Waals surface area (Å²) < 4.78 is 0. The van der Waals surface area contributed by atoms with Gasteiger partial charge in [0.15, 0.2) is 12.6 Å². The molecule has 130 valence electrons. The van der Waals surface area contributed by atoms with Crippen molar-refractivity contribution in [1.82, 2.24) is 0 Å². The van der Waals surface area contributed by atoms with Gasteiger partial charge in [0, 0.05) is 17.7 Å². The fourth-order valence-corrected chi connectivity index (χ4v) is 1.87. The summed E-state index contributed by atoms with van der Waals surface area (Å²) in [5.74, 6) is 0.815. The fourth-order valence-electron chi connectivity index (χ4n) is 1.87. The quantitative estimate of drug-likeness (QED) is 0.830. The second kappa shape index (κ2) is 12.0. The van der Waals surface area contributed by atoms with Gasteiger partial charge in [0.25, 0.3) is 0 Å². The number of benzene rings is 2. The Bertz CT molecular complexity index is 606. The Hall–Kier alpha value is -2.46. The maximum absolute atomic E-state index is 10.2. The number of aryl methyl sites for hydroxylation is 1. The first-order chi connectivity index (χ1) is 11.4. The molecule has 2 rings (SSSR count). The fraction of sp³-hybridized carbons (Fsp3) is 0.300. The van der Waals surface area contributed by atoms with Crippen LogP contribution in [0.15, 0.2) is 42.5 Å². The highest BCUT2D eigenvalue weighted by Crippen LogP contribution is 2.25. The van der Waals surface area contributed by atoms with E-state index in [-0.39, 0.29) is 6.61 Å². The van der Waals surface area contributed by atoms with Gasteiger partial charge in [-0.2, -0.15) is 0 Å². The average molecular weight is 330 g/mol. The third kappa shape index (κ3) is 7.70. The number of hydrogen-bond acceptors (Lipinski definition) is 4. The molecule has 0 aliphatic rings. The highest BCUT2D eigenvalue weighted by atomic mass is 16.3. The minimum absolute atomic E-state index is 0.250. The molecule has 2 aromatic carbocycles. The summed E-state index contributed by atoms with van der Waals surface area (Å²) in [5, 5.41) is 17.0. The number of phenolic OH excluding ortho intramolecular Hbond substituents is 1. The number of aliphatic hydroxyl groups is 1. The number of carbonyl (C=O) groups excluding carboxylic acids is 2. The van der Waals surface area contributed by atoms with Crippen LogP contribution >= 0.6 is 0 Å². The summed E-state index contributed by atoms with van der Waals surface area (Å²) in [5.41, 5.74) is 3.01. The maximum atomic E-state index is 10.2. The second-order valence-corrected chi connectivity index (χ2v) is 5.40. The van der Waals surface area contributed by atoms with Crippen LogP contribution in [0.4, 0.5) is 0 Å². The number of carbonyl (C=O) groups is 2. The molecule has 4 nitrogen and oxygen atoms in total. The molecule has 24 heavy (non-hydrogen) atoms. The van der Waals surface area contributed by atoms with Crippen LogP contribution in [0.25, 0.3) is 0 Å². The van der Waals surface area contributed by atoms with Crippen LogP contribution < -0.4 is 0 Å². The van der Waals surface area contributed by atoms with E-state index in [9.17, 15) is 14.7 Å². The standard InChI is InChI=1S/C10H14O.C8H6O2.C2H6O/c1-7(2)9-5-4-8(3)6-10(9)11;9-5-7-3-1-2-4-8(7)6-10;1-2-3/h4-7,11H,1-3H3;1-6H;3H,2H2,1H3. The largest absolute Gasteiger partial charge is 0.508 e. The van der Waals surface area contributed by atoms with Crippen molar-refractivity contribution < 1.29 is 19.8 Å². The van der Waals surface area contributed by atoms with Crippen molar-refractivity contribution in [2.75, 3.05) is 6.61 Å². The molecule has 0 saturated heterocycles. The van der Waals surface area contributed by atoms with E-state index in [1.165, 1.54) is 0 Å². The van der Waals surface area contributed by atoms with Crippen molar-refractivity contribution in [3.63, 3.8) is 0 Å². The number of phenols is 1. The molecule has 2 aromatic rings. The van der Waals surface area contributed by atoms with Crippen molar-refractivity contribution in [2.45, 2.75) is 33.6 Å². The molecule has 0 heterocycles. The lowest BCUT2D eigenvalue weighted by Crippen LogP contribution is -1.87. The molecule has 0 bridgehead atoms. The highest BCUT2D eigenvalue weighted by molar-refractivity contribution is 5.89. The number of rotatable bonds is 3. The molecule has 0 aromatic heterocycles. The lowest BCUT2D eigenvalue weighted by Gasteiger charge is -2.07. The molecular formula is C20H26O4. The maximum Gasteiger partial charge on any atom is 0.150 e. The average Bonchev–Trinajstić information content (AvgIpc) is 2.55. The van der Waals surface area contributed by atoms with Crippen molar-refractivity contribution in [2.24, 2.45) is 0 Å². The monoisotopic (exact) mass is 330 g/mol. The molecule has 0 aliphatic carbocycles. The van der Waals surface area contributed by atoms with Gasteiger partial charge >= 0.3 is 0 Å². The van der Waals surface area contributed by atoms with Crippen LogP contribution in [-0.2, 0) is 0 Å². The third-order valence-electron chi connectivity index (χ3n) is 3.06. The van der Waals surface area contributed by atoms with Gasteiger partial charge in [0.05, 0.1) is 0 Å². The van der Waals surface area contributed by atoms with Gasteiger partial charge in [0.1, 0.15) is 5.75 Å². The van der Waals surface area contributed by atoms with E-state index < -0.39 is 0 Å². The minimum atomic E-state index is 0.250. The number of aromatic hydroxyl groups is 1. The second-order valence-electron chi connectivity index (χ2n) is 5.40. The Morgan fingerprint density at radius 1 is 1.00 bits per heavy atom. The lowest BCUT2D eigenvalue weighted by molar-refractivity contribution is 0.109. The van der Waals surface area contributed by atoms with Crippen LogP contribution in [0.3, 0.4) is 0 Å². The highest BCUT2D eigenvalue weighted by Gasteiger charge is 2.03. The minimum Gasteiger partial charge on any atom is -0.508 e. The van der Waals surface area contributed by atoms with Gasteiger partial charge < -0.3 is 10.2 Å². The van der Waals surface area contributed by atoms with Crippen molar-refractivity contribution in [3.05, 3.63) is 64.7 Å². The molecule has 0 radical (unpaired) electrons. The van der Waals surface area contributed by atoms with E-state index in [4.69, 9.17) is 5.11 Å². The zero-order valence-corrected chi connectivity index (χ0v) is 14.7. The smallest absolute Gasteiger partial charge is 0.150 e. The first kappa shape index (κ1) is 21.5. The Morgan fingerprint density at radius 2 is 1.46 bits per heavy atom. The van der Waals surface area contributed by atoms with Crippen LogP contribution in [0.2, 0.25) is 0 Å². The van der Waals surface area contributed by atoms with Crippen molar-refractivity contribution >= 4 is 12.6 Å². The SMILES string of the molecule is CCO.Cc1ccc(C(C)C)c(O)c1.O=Cc1ccccc1C=O. The summed E-state index contributed by atoms with van der Waals surface area (Å²) in [6.07, 6.45) is 1.34. The van der Waals surface area contributed by atoms with Crippen molar-refractivity contribution in [1.29, 1.82) is 0 Å². The topological polar surface area (TPSA) is 74.6 Å². The summed E-state index contributed by atoms with van der Waals surface area (Å²) in [7, 11) is 0. The van der Waals surface area contributed by atoms with E-state index in [1.54, 1.807) is 37.3 Å². The van der Waals surface area contributed by atoms with Crippen LogP contribution in [-0.4, -0.2) is 29.4 Å². The molecule has 0 fully saturated rings. The summed E-state index contributed by atoms with van der Waals surface area (Å²) >= 11 is 0. The Morgan fingerprint density at radius 3 is 1.79 bits per heavy atom. The molecular weight excluding hydrogens is 304 g/mol. The van der Waals surface area contributed by atoms with Gasteiger partial charge in [-0.15, -0.1) is 0 Å². The van der Waals surface area contributed by atoms with E-state index in [0.717, 1.165) is 11.1 Å². The number of aldehydes is 2. The number of hydrogen-bond donors (Lipinski definition) is 2. The van der Waals surface area contributed by atoms with E-state index in [0.29, 0.717) is 35.4 Å². The van der Waals surface area contributed by atoms with Gasteiger partial charge in [-0.1, -0.05) is 50.2 Å². The predicted octanol–water partition coefficient (Wildman–Crippen LogP) is 4.13. The molecule has 0 spiro atoms. The molecule has 4 heteroatoms. The third-order valence-corrected chi connectivity index (χ3v) is 3.06. The van der Waals surface area contributed by atoms with Crippen LogP contribution in [0.1, 0.15) is 58.5 Å². The summed E-state index contributed by atoms with van der Waals surface area (Å²) in [6.45, 7) is 8.05. The van der Waals surface area contributed by atoms with Crippen molar-refractivity contribution in [3.8, 4) is 5.75 Å². The van der Waals surface area contributed by atoms with E-state index in [1.807, 2.05) is 19.1 Å². The zero-order chi connectivity index (χ0) is 18.5. The van der Waals surface area contributed by atoms with Gasteiger partial charge in [-0.25, -0.2) is 0 Å². The van der Waals surface area contributed by atoms with Gasteiger partial charge in [-0.3, -0.25) is 9.59 Å². The molecule has 2 N–H and O–H groups in total. The summed E-state index contributed by atoms with van der Waals surface area (Å²) in [6, 6.07) is 12.5. The Balaban J connectivity index is 0.000000381. The van der Waals surface area contributed by atoms with E-state index >= 15 is 0 Å². The number of aliphatic hydroxyl groups excluding tert-OH is 1. The lowest BCUT2D eigenvalue weighted by atomic mass is 10.0. The Kier molecular flexibility index (Phi) is 10.8. The molecule has 0 amide bonds. The van der Waals surface area contributed by atoms with Crippen LogP contribution in [0, 0.1) is 6.92 Å². The normalized spacial score (nSPS) is 9.25.